The van der Waals surface area contributed by atoms with Crippen molar-refractivity contribution in [3.8, 4) is 10.6 Å². The fraction of sp³-hybridized carbons (Fsp3) is 0.294. The quantitative estimate of drug-likeness (QED) is 0.757. The Morgan fingerprint density at radius 3 is 3.00 bits per heavy atom. The summed E-state index contributed by atoms with van der Waals surface area (Å²) in [5.41, 5.74) is 2.19. The molecule has 0 aliphatic rings. The Hall–Kier alpha value is -1.78. The summed E-state index contributed by atoms with van der Waals surface area (Å²) in [6.07, 6.45) is 4.96. The SMILES string of the molecule is CCCNC(C)c1cnc(-c2ccc3ncccc3c2)s1. The number of thiazole rings is 1. The first kappa shape index (κ1) is 14.2. The van der Waals surface area contributed by atoms with Gasteiger partial charge in [0.15, 0.2) is 0 Å². The molecule has 4 heteroatoms. The third kappa shape index (κ3) is 3.12. The second-order valence-corrected chi connectivity index (χ2v) is 6.22. The van der Waals surface area contributed by atoms with Crippen LogP contribution < -0.4 is 5.32 Å². The van der Waals surface area contributed by atoms with Gasteiger partial charge in [0.2, 0.25) is 0 Å². The van der Waals surface area contributed by atoms with E-state index in [1.807, 2.05) is 18.5 Å². The van der Waals surface area contributed by atoms with Gasteiger partial charge in [-0.1, -0.05) is 13.0 Å². The van der Waals surface area contributed by atoms with Crippen LogP contribution in [0.5, 0.6) is 0 Å². The van der Waals surface area contributed by atoms with E-state index in [0.717, 1.165) is 34.4 Å². The first-order valence-electron chi connectivity index (χ1n) is 7.32. The molecule has 1 unspecified atom stereocenters. The van der Waals surface area contributed by atoms with Crippen molar-refractivity contribution in [3.05, 3.63) is 47.6 Å². The van der Waals surface area contributed by atoms with Gasteiger partial charge in [0.05, 0.1) is 5.52 Å². The standard InChI is InChI=1S/C17H19N3S/c1-3-8-18-12(2)16-11-20-17(21-16)14-6-7-15-13(10-14)5-4-9-19-15/h4-7,9-12,18H,3,8H2,1-2H3. The summed E-state index contributed by atoms with van der Waals surface area (Å²) in [5, 5.41) is 5.73. The van der Waals surface area contributed by atoms with Crippen LogP contribution in [-0.2, 0) is 0 Å². The number of aromatic nitrogens is 2. The van der Waals surface area contributed by atoms with E-state index in [2.05, 4.69) is 53.4 Å². The number of fused-ring (bicyclic) bond motifs is 1. The average molecular weight is 297 g/mol. The highest BCUT2D eigenvalue weighted by Gasteiger charge is 2.10. The molecular formula is C17H19N3S. The monoisotopic (exact) mass is 297 g/mol. The van der Waals surface area contributed by atoms with E-state index in [9.17, 15) is 0 Å². The summed E-state index contributed by atoms with van der Waals surface area (Å²) in [4.78, 5) is 10.2. The summed E-state index contributed by atoms with van der Waals surface area (Å²) in [5.74, 6) is 0. The topological polar surface area (TPSA) is 37.8 Å². The molecule has 0 spiro atoms. The predicted octanol–water partition coefficient (Wildman–Crippen LogP) is 4.42. The average Bonchev–Trinajstić information content (AvgIpc) is 3.02. The van der Waals surface area contributed by atoms with Gasteiger partial charge in [0.1, 0.15) is 5.01 Å². The van der Waals surface area contributed by atoms with Crippen LogP contribution in [-0.4, -0.2) is 16.5 Å². The number of nitrogens with one attached hydrogen (secondary N) is 1. The molecule has 3 rings (SSSR count). The summed E-state index contributed by atoms with van der Waals surface area (Å²) in [7, 11) is 0. The van der Waals surface area contributed by atoms with Crippen LogP contribution in [0.15, 0.2) is 42.7 Å². The Morgan fingerprint density at radius 2 is 2.14 bits per heavy atom. The molecule has 2 aromatic heterocycles. The van der Waals surface area contributed by atoms with Gasteiger partial charge in [-0.25, -0.2) is 4.98 Å². The minimum atomic E-state index is 0.360. The molecule has 108 valence electrons. The van der Waals surface area contributed by atoms with Gasteiger partial charge in [0.25, 0.3) is 0 Å². The lowest BCUT2D eigenvalue weighted by molar-refractivity contribution is 0.577. The molecule has 0 fully saturated rings. The second-order valence-electron chi connectivity index (χ2n) is 5.15. The van der Waals surface area contributed by atoms with Crippen molar-refractivity contribution in [3.63, 3.8) is 0 Å². The van der Waals surface area contributed by atoms with E-state index in [0.29, 0.717) is 6.04 Å². The van der Waals surface area contributed by atoms with Gasteiger partial charge in [-0.2, -0.15) is 0 Å². The van der Waals surface area contributed by atoms with E-state index < -0.39 is 0 Å². The number of benzene rings is 1. The zero-order valence-corrected chi connectivity index (χ0v) is 13.2. The number of rotatable bonds is 5. The fourth-order valence-corrected chi connectivity index (χ4v) is 3.23. The number of pyridine rings is 1. The minimum absolute atomic E-state index is 0.360. The molecule has 1 atom stereocenters. The fourth-order valence-electron chi connectivity index (χ4n) is 2.29. The maximum Gasteiger partial charge on any atom is 0.123 e. The third-order valence-electron chi connectivity index (χ3n) is 3.50. The Bertz CT molecular complexity index is 735. The second kappa shape index (κ2) is 6.33. The molecule has 0 amide bonds. The summed E-state index contributed by atoms with van der Waals surface area (Å²) in [6, 6.07) is 10.7. The van der Waals surface area contributed by atoms with Crippen LogP contribution in [0.3, 0.4) is 0 Å². The zero-order valence-electron chi connectivity index (χ0n) is 12.3. The number of hydrogen-bond acceptors (Lipinski definition) is 4. The van der Waals surface area contributed by atoms with Gasteiger partial charge < -0.3 is 5.32 Å². The van der Waals surface area contributed by atoms with Crippen molar-refractivity contribution in [2.75, 3.05) is 6.54 Å². The highest BCUT2D eigenvalue weighted by Crippen LogP contribution is 2.30. The molecule has 2 heterocycles. The molecule has 0 radical (unpaired) electrons. The van der Waals surface area contributed by atoms with Crippen LogP contribution in [0.2, 0.25) is 0 Å². The maximum atomic E-state index is 4.58. The van der Waals surface area contributed by atoms with Crippen molar-refractivity contribution < 1.29 is 0 Å². The first-order chi connectivity index (χ1) is 10.3. The van der Waals surface area contributed by atoms with E-state index in [1.54, 1.807) is 11.3 Å². The summed E-state index contributed by atoms with van der Waals surface area (Å²) >= 11 is 1.76. The van der Waals surface area contributed by atoms with Gasteiger partial charge in [0, 0.05) is 34.3 Å². The molecule has 0 aliphatic carbocycles. The normalized spacial score (nSPS) is 12.7. The van der Waals surface area contributed by atoms with Crippen molar-refractivity contribution in [1.82, 2.24) is 15.3 Å². The lowest BCUT2D eigenvalue weighted by atomic mass is 10.1. The Kier molecular flexibility index (Phi) is 4.27. The molecule has 3 nitrogen and oxygen atoms in total. The molecular weight excluding hydrogens is 278 g/mol. The van der Waals surface area contributed by atoms with E-state index in [-0.39, 0.29) is 0 Å². The molecule has 0 saturated carbocycles. The molecule has 3 aromatic rings. The lowest BCUT2D eigenvalue weighted by Gasteiger charge is -2.09. The molecule has 0 aliphatic heterocycles. The van der Waals surface area contributed by atoms with Gasteiger partial charge in [-0.15, -0.1) is 11.3 Å². The Balaban J connectivity index is 1.87. The number of hydrogen-bond donors (Lipinski definition) is 1. The summed E-state index contributed by atoms with van der Waals surface area (Å²) in [6.45, 7) is 5.41. The van der Waals surface area contributed by atoms with Crippen LogP contribution in [0.1, 0.15) is 31.2 Å². The van der Waals surface area contributed by atoms with Gasteiger partial charge in [-0.3, -0.25) is 4.98 Å². The largest absolute Gasteiger partial charge is 0.309 e. The van der Waals surface area contributed by atoms with Crippen molar-refractivity contribution in [2.45, 2.75) is 26.3 Å². The van der Waals surface area contributed by atoms with E-state index >= 15 is 0 Å². The molecule has 21 heavy (non-hydrogen) atoms. The van der Waals surface area contributed by atoms with E-state index in [4.69, 9.17) is 0 Å². The molecule has 0 bridgehead atoms. The van der Waals surface area contributed by atoms with Crippen molar-refractivity contribution >= 4 is 22.2 Å². The minimum Gasteiger partial charge on any atom is -0.309 e. The highest BCUT2D eigenvalue weighted by atomic mass is 32.1. The molecule has 1 N–H and O–H groups in total. The van der Waals surface area contributed by atoms with Crippen LogP contribution in [0.4, 0.5) is 0 Å². The van der Waals surface area contributed by atoms with Crippen LogP contribution >= 0.6 is 11.3 Å². The first-order valence-corrected chi connectivity index (χ1v) is 8.14. The Morgan fingerprint density at radius 1 is 1.24 bits per heavy atom. The maximum absolute atomic E-state index is 4.58. The van der Waals surface area contributed by atoms with Crippen molar-refractivity contribution in [2.24, 2.45) is 0 Å². The Labute approximate surface area is 129 Å². The zero-order chi connectivity index (χ0) is 14.7. The van der Waals surface area contributed by atoms with Gasteiger partial charge in [-0.05, 0) is 44.2 Å². The highest BCUT2D eigenvalue weighted by molar-refractivity contribution is 7.15. The van der Waals surface area contributed by atoms with E-state index in [1.165, 1.54) is 4.88 Å². The molecule has 0 saturated heterocycles. The smallest absolute Gasteiger partial charge is 0.123 e. The number of nitrogens with zero attached hydrogens (tertiary/aromatic N) is 2. The van der Waals surface area contributed by atoms with Gasteiger partial charge >= 0.3 is 0 Å². The molecule has 1 aromatic carbocycles. The third-order valence-corrected chi connectivity index (χ3v) is 4.73. The predicted molar refractivity (Wildman–Crippen MR) is 89.6 cm³/mol. The summed E-state index contributed by atoms with van der Waals surface area (Å²) < 4.78 is 0. The lowest BCUT2D eigenvalue weighted by Crippen LogP contribution is -2.18. The van der Waals surface area contributed by atoms with Crippen molar-refractivity contribution in [1.29, 1.82) is 0 Å². The van der Waals surface area contributed by atoms with Crippen LogP contribution in [0, 0.1) is 0 Å². The van der Waals surface area contributed by atoms with Crippen LogP contribution in [0.25, 0.3) is 21.5 Å².